The Hall–Kier alpha value is -1.61. The van der Waals surface area contributed by atoms with E-state index in [-0.39, 0.29) is 18.4 Å². The molecule has 0 heterocycles. The van der Waals surface area contributed by atoms with E-state index in [0.29, 0.717) is 19.4 Å². The van der Waals surface area contributed by atoms with Crippen LogP contribution in [0.3, 0.4) is 0 Å². The quantitative estimate of drug-likeness (QED) is 0.714. The van der Waals surface area contributed by atoms with Gasteiger partial charge in [0.1, 0.15) is 5.54 Å². The number of ether oxygens (including phenoxy) is 1. The average molecular weight is 295 g/mol. The molecule has 1 fully saturated rings. The largest absolute Gasteiger partial charge is 0.469 e. The molecule has 0 radical (unpaired) electrons. The highest BCUT2D eigenvalue weighted by Crippen LogP contribution is 2.27. The van der Waals surface area contributed by atoms with Gasteiger partial charge in [0.25, 0.3) is 0 Å². The van der Waals surface area contributed by atoms with Gasteiger partial charge in [-0.1, -0.05) is 19.3 Å². The van der Waals surface area contributed by atoms with Crippen LogP contribution < -0.4 is 5.32 Å². The van der Waals surface area contributed by atoms with Crippen molar-refractivity contribution >= 4 is 11.9 Å². The molecule has 0 aromatic heterocycles. The van der Waals surface area contributed by atoms with E-state index in [1.807, 2.05) is 11.9 Å². The lowest BCUT2D eigenvalue weighted by Crippen LogP contribution is -2.51. The second kappa shape index (κ2) is 8.63. The zero-order valence-electron chi connectivity index (χ0n) is 13.0. The van der Waals surface area contributed by atoms with Gasteiger partial charge in [-0.15, -0.1) is 0 Å². The topological polar surface area (TPSA) is 82.4 Å². The number of nitrogens with one attached hydrogen (secondary N) is 1. The predicted octanol–water partition coefficient (Wildman–Crippen LogP) is 1.21. The zero-order valence-corrected chi connectivity index (χ0v) is 13.0. The Labute approximate surface area is 126 Å². The average Bonchev–Trinajstić information content (AvgIpc) is 2.47. The summed E-state index contributed by atoms with van der Waals surface area (Å²) in [5, 5.41) is 12.2. The third-order valence-electron chi connectivity index (χ3n) is 3.86. The molecule has 6 nitrogen and oxygen atoms in total. The van der Waals surface area contributed by atoms with Gasteiger partial charge in [-0.25, -0.2) is 0 Å². The molecule has 6 heteroatoms. The molecule has 1 rings (SSSR count). The van der Waals surface area contributed by atoms with Gasteiger partial charge in [0, 0.05) is 6.42 Å². The van der Waals surface area contributed by atoms with Crippen LogP contribution in [0.15, 0.2) is 0 Å². The minimum absolute atomic E-state index is 0.126. The Morgan fingerprint density at radius 3 is 2.57 bits per heavy atom. The summed E-state index contributed by atoms with van der Waals surface area (Å²) in [6.07, 6.45) is 5.59. The van der Waals surface area contributed by atoms with Gasteiger partial charge in [-0.05, 0) is 32.9 Å². The maximum absolute atomic E-state index is 12.0. The number of hydrogen-bond acceptors (Lipinski definition) is 5. The van der Waals surface area contributed by atoms with Crippen LogP contribution in [0.1, 0.15) is 44.9 Å². The summed E-state index contributed by atoms with van der Waals surface area (Å²) in [6.45, 7) is 0.882. The Kier molecular flexibility index (Phi) is 7.17. The molecular formula is C15H25N3O3. The maximum Gasteiger partial charge on any atom is 0.305 e. The van der Waals surface area contributed by atoms with Crippen molar-refractivity contribution in [1.82, 2.24) is 10.2 Å². The minimum Gasteiger partial charge on any atom is -0.469 e. The van der Waals surface area contributed by atoms with Crippen LogP contribution in [0.4, 0.5) is 0 Å². The molecule has 0 atom stereocenters. The van der Waals surface area contributed by atoms with E-state index >= 15 is 0 Å². The second-order valence-corrected chi connectivity index (χ2v) is 5.72. The molecule has 0 aliphatic heterocycles. The molecule has 0 spiro atoms. The van der Waals surface area contributed by atoms with Crippen LogP contribution in [0.2, 0.25) is 0 Å². The number of esters is 1. The summed E-state index contributed by atoms with van der Waals surface area (Å²) in [5.41, 5.74) is -0.678. The summed E-state index contributed by atoms with van der Waals surface area (Å²) in [4.78, 5) is 24.9. The fourth-order valence-electron chi connectivity index (χ4n) is 2.65. The highest BCUT2D eigenvalue weighted by Gasteiger charge is 2.33. The molecule has 1 aliphatic rings. The van der Waals surface area contributed by atoms with Crippen LogP contribution in [0.5, 0.6) is 0 Å². The van der Waals surface area contributed by atoms with Crippen molar-refractivity contribution in [3.05, 3.63) is 0 Å². The molecule has 118 valence electrons. The second-order valence-electron chi connectivity index (χ2n) is 5.72. The Bertz CT molecular complexity index is 397. The van der Waals surface area contributed by atoms with Gasteiger partial charge in [0.15, 0.2) is 0 Å². The molecule has 0 aromatic carbocycles. The van der Waals surface area contributed by atoms with Crippen molar-refractivity contribution in [1.29, 1.82) is 5.26 Å². The van der Waals surface area contributed by atoms with Gasteiger partial charge in [-0.3, -0.25) is 14.5 Å². The van der Waals surface area contributed by atoms with E-state index in [9.17, 15) is 14.9 Å². The van der Waals surface area contributed by atoms with Crippen LogP contribution in [0, 0.1) is 11.3 Å². The fraction of sp³-hybridized carbons (Fsp3) is 0.800. The first kappa shape index (κ1) is 17.4. The number of amides is 1. The number of methoxy groups -OCH3 is 1. The van der Waals surface area contributed by atoms with Crippen molar-refractivity contribution in [3.63, 3.8) is 0 Å². The van der Waals surface area contributed by atoms with E-state index in [4.69, 9.17) is 0 Å². The van der Waals surface area contributed by atoms with Crippen LogP contribution in [-0.2, 0) is 14.3 Å². The number of hydrogen-bond donors (Lipinski definition) is 1. The molecule has 1 aliphatic carbocycles. The molecule has 0 unspecified atom stereocenters. The maximum atomic E-state index is 12.0. The Morgan fingerprint density at radius 1 is 1.33 bits per heavy atom. The molecule has 1 saturated carbocycles. The van der Waals surface area contributed by atoms with E-state index in [1.54, 1.807) is 0 Å². The lowest BCUT2D eigenvalue weighted by atomic mass is 9.83. The number of carbonyl (C=O) groups excluding carboxylic acids is 2. The van der Waals surface area contributed by atoms with Crippen LogP contribution in [0.25, 0.3) is 0 Å². The number of carbonyl (C=O) groups is 2. The van der Waals surface area contributed by atoms with E-state index in [1.165, 1.54) is 7.11 Å². The van der Waals surface area contributed by atoms with E-state index < -0.39 is 5.54 Å². The van der Waals surface area contributed by atoms with Crippen LogP contribution in [-0.4, -0.2) is 49.6 Å². The first-order valence-electron chi connectivity index (χ1n) is 7.49. The normalized spacial score (nSPS) is 17.0. The minimum atomic E-state index is -0.678. The summed E-state index contributed by atoms with van der Waals surface area (Å²) < 4.78 is 4.57. The number of nitriles is 1. The SMILES string of the molecule is COC(=O)CCCN(C)CC(=O)NC1(C#N)CCCCC1. The number of likely N-dealkylation sites (N-methyl/N-ethyl adjacent to an activating group) is 1. The molecule has 1 amide bonds. The van der Waals surface area contributed by atoms with Crippen molar-refractivity contribution in [2.24, 2.45) is 0 Å². The fourth-order valence-corrected chi connectivity index (χ4v) is 2.65. The molecule has 0 bridgehead atoms. The first-order chi connectivity index (χ1) is 10.0. The van der Waals surface area contributed by atoms with E-state index in [0.717, 1.165) is 32.1 Å². The van der Waals surface area contributed by atoms with Crippen LogP contribution >= 0.6 is 0 Å². The zero-order chi connectivity index (χ0) is 15.7. The number of rotatable bonds is 7. The third kappa shape index (κ3) is 6.13. The molecule has 21 heavy (non-hydrogen) atoms. The van der Waals surface area contributed by atoms with Gasteiger partial charge >= 0.3 is 5.97 Å². The summed E-state index contributed by atoms with van der Waals surface area (Å²) >= 11 is 0. The summed E-state index contributed by atoms with van der Waals surface area (Å²) in [5.74, 6) is -0.363. The van der Waals surface area contributed by atoms with Crippen molar-refractivity contribution in [2.45, 2.75) is 50.5 Å². The van der Waals surface area contributed by atoms with Crippen molar-refractivity contribution < 1.29 is 14.3 Å². The Morgan fingerprint density at radius 2 is 2.00 bits per heavy atom. The summed E-state index contributed by atoms with van der Waals surface area (Å²) in [6, 6.07) is 2.28. The number of nitrogens with zero attached hydrogens (tertiary/aromatic N) is 2. The van der Waals surface area contributed by atoms with Gasteiger partial charge in [0.2, 0.25) is 5.91 Å². The van der Waals surface area contributed by atoms with Gasteiger partial charge in [0.05, 0.1) is 19.7 Å². The smallest absolute Gasteiger partial charge is 0.305 e. The van der Waals surface area contributed by atoms with E-state index in [2.05, 4.69) is 16.1 Å². The molecule has 0 saturated heterocycles. The van der Waals surface area contributed by atoms with Crippen molar-refractivity contribution in [2.75, 3.05) is 27.2 Å². The molecular weight excluding hydrogens is 270 g/mol. The highest BCUT2D eigenvalue weighted by molar-refractivity contribution is 5.79. The lowest BCUT2D eigenvalue weighted by Gasteiger charge is -2.32. The third-order valence-corrected chi connectivity index (χ3v) is 3.86. The standard InChI is InChI=1S/C15H25N3O3/c1-18(10-6-7-14(20)21-2)11-13(19)17-15(12-16)8-4-3-5-9-15/h3-11H2,1-2H3,(H,17,19). The Balaban J connectivity index is 2.32. The first-order valence-corrected chi connectivity index (χ1v) is 7.49. The molecule has 1 N–H and O–H groups in total. The van der Waals surface area contributed by atoms with Gasteiger partial charge in [-0.2, -0.15) is 5.26 Å². The molecule has 0 aromatic rings. The van der Waals surface area contributed by atoms with Crippen molar-refractivity contribution in [3.8, 4) is 6.07 Å². The lowest BCUT2D eigenvalue weighted by molar-refractivity contribution is -0.140. The monoisotopic (exact) mass is 295 g/mol. The summed E-state index contributed by atoms with van der Waals surface area (Å²) in [7, 11) is 3.20. The predicted molar refractivity (Wildman–Crippen MR) is 78.3 cm³/mol. The van der Waals surface area contributed by atoms with Gasteiger partial charge < -0.3 is 10.1 Å². The highest BCUT2D eigenvalue weighted by atomic mass is 16.5.